The Morgan fingerprint density at radius 2 is 0.761 bits per heavy atom. The summed E-state index contributed by atoms with van der Waals surface area (Å²) in [7, 11) is -0.808. The average Bonchev–Trinajstić information content (AvgIpc) is 3.88. The van der Waals surface area contributed by atoms with Gasteiger partial charge in [0, 0.05) is 107 Å². The van der Waals surface area contributed by atoms with Crippen LogP contribution in [0.5, 0.6) is 0 Å². The van der Waals surface area contributed by atoms with Gasteiger partial charge in [0.25, 0.3) is 0 Å². The fraction of sp³-hybridized carbons (Fsp3) is 0.300. The molecule has 0 atom stereocenters. The van der Waals surface area contributed by atoms with Gasteiger partial charge in [0.2, 0.25) is 0 Å². The van der Waals surface area contributed by atoms with Crippen molar-refractivity contribution in [1.82, 2.24) is 10.2 Å². The van der Waals surface area contributed by atoms with E-state index in [0.717, 1.165) is 57.8 Å². The highest BCUT2D eigenvalue weighted by Gasteiger charge is 2.37. The highest BCUT2D eigenvalue weighted by atomic mass is 16.6. The van der Waals surface area contributed by atoms with E-state index in [-0.39, 0.29) is 51.6 Å². The second-order valence-corrected chi connectivity index (χ2v) is 20.6. The molecule has 0 amide bonds. The third-order valence-electron chi connectivity index (χ3n) is 12.6. The van der Waals surface area contributed by atoms with Gasteiger partial charge >= 0.3 is 35.3 Å². The third-order valence-corrected chi connectivity index (χ3v) is 12.6. The average molecular weight is 892 g/mol. The summed E-state index contributed by atoms with van der Waals surface area (Å²) in [6.07, 6.45) is 3.52. The minimum atomic E-state index is -0.294. The van der Waals surface area contributed by atoms with Crippen LogP contribution in [0.25, 0.3) is 21.5 Å². The zero-order valence-electron chi connectivity index (χ0n) is 39.2. The molecular formula is C50H57B5N6O6. The first-order chi connectivity index (χ1) is 32.4. The molecule has 6 heterocycles. The van der Waals surface area contributed by atoms with Crippen molar-refractivity contribution < 1.29 is 27.9 Å². The van der Waals surface area contributed by atoms with Gasteiger partial charge < -0.3 is 48.8 Å². The van der Waals surface area contributed by atoms with Crippen LogP contribution in [0.3, 0.4) is 0 Å². The van der Waals surface area contributed by atoms with Crippen LogP contribution in [0.4, 0.5) is 22.7 Å². The number of hydrogen-bond donors (Lipinski definition) is 5. The fourth-order valence-electron chi connectivity index (χ4n) is 8.97. The predicted octanol–water partition coefficient (Wildman–Crippen LogP) is 5.86. The number of aromatic nitrogens is 2. The second-order valence-electron chi connectivity index (χ2n) is 20.6. The molecule has 12 rings (SSSR count). The van der Waals surface area contributed by atoms with Gasteiger partial charge in [-0.25, -0.2) is 0 Å². The summed E-state index contributed by atoms with van der Waals surface area (Å²) in [4.78, 5) is 0. The summed E-state index contributed by atoms with van der Waals surface area (Å²) >= 11 is 0. The molecule has 338 valence electrons. The molecule has 3 fully saturated rings. The number of rotatable bonds is 5. The molecule has 0 unspecified atom stereocenters. The van der Waals surface area contributed by atoms with Crippen molar-refractivity contribution in [3.8, 4) is 0 Å². The summed E-state index contributed by atoms with van der Waals surface area (Å²) < 4.78 is 34.8. The number of anilines is 4. The normalized spacial score (nSPS) is 18.9. The van der Waals surface area contributed by atoms with Gasteiger partial charge in [0.05, 0.1) is 0 Å². The van der Waals surface area contributed by atoms with E-state index < -0.39 is 0 Å². The minimum absolute atomic E-state index is 0.00508. The van der Waals surface area contributed by atoms with E-state index in [4.69, 9.17) is 27.9 Å². The van der Waals surface area contributed by atoms with Crippen LogP contribution in [-0.2, 0) is 27.9 Å². The van der Waals surface area contributed by atoms with E-state index in [2.05, 4.69) is 194 Å². The molecule has 5 aliphatic rings. The molecule has 0 spiro atoms. The molecule has 17 heteroatoms. The van der Waals surface area contributed by atoms with Crippen LogP contribution in [0.1, 0.15) is 41.5 Å². The molecule has 0 aliphatic carbocycles. The number of nitrogens with zero attached hydrogens (tertiary/aromatic N) is 1. The Hall–Kier alpha value is -5.67. The maximum atomic E-state index is 5.96. The first-order valence-corrected chi connectivity index (χ1v) is 23.3. The smallest absolute Gasteiger partial charge is 0.407 e. The maximum Gasteiger partial charge on any atom is 0.497 e. The van der Waals surface area contributed by atoms with Crippen molar-refractivity contribution in [1.29, 1.82) is 0 Å². The molecule has 67 heavy (non-hydrogen) atoms. The Labute approximate surface area is 395 Å². The number of nitrogens with one attached hydrogen (secondary N) is 5. The Morgan fingerprint density at radius 3 is 1.18 bits per heavy atom. The van der Waals surface area contributed by atoms with E-state index in [9.17, 15) is 0 Å². The van der Waals surface area contributed by atoms with Gasteiger partial charge in [-0.15, -0.1) is 0 Å². The molecule has 6 aromatic carbocycles. The second kappa shape index (κ2) is 18.8. The summed E-state index contributed by atoms with van der Waals surface area (Å²) in [5.74, 6) is 0. The SMILES string of the molecule is CC1(C)COB(c2ccc(B3Nc4cccc5cccc(c45)N3)cc2)OC1.CC1(C)COB(c2cccc(B3Nc4cccc5cccc(c45)N3)c2)OC1.CC1(C)COB(c2cn[nH]c2)OC1. The van der Waals surface area contributed by atoms with Crippen LogP contribution in [0.15, 0.2) is 134 Å². The topological polar surface area (TPSA) is 132 Å². The zero-order chi connectivity index (χ0) is 46.2. The largest absolute Gasteiger partial charge is 0.497 e. The Kier molecular flexibility index (Phi) is 12.7. The van der Waals surface area contributed by atoms with Gasteiger partial charge in [-0.1, -0.05) is 139 Å². The van der Waals surface area contributed by atoms with Gasteiger partial charge in [-0.2, -0.15) is 5.10 Å². The number of H-pyrrole nitrogens is 1. The highest BCUT2D eigenvalue weighted by molar-refractivity contribution is 6.81. The minimum Gasteiger partial charge on any atom is -0.407 e. The van der Waals surface area contributed by atoms with Crippen molar-refractivity contribution in [3.63, 3.8) is 0 Å². The first kappa shape index (κ1) is 45.1. The summed E-state index contributed by atoms with van der Waals surface area (Å²) in [5, 5.41) is 26.0. The van der Waals surface area contributed by atoms with E-state index in [1.165, 1.54) is 27.0 Å². The van der Waals surface area contributed by atoms with Crippen LogP contribution in [0, 0.1) is 16.2 Å². The molecule has 1 aromatic heterocycles. The van der Waals surface area contributed by atoms with Gasteiger partial charge in [0.1, 0.15) is 0 Å². The van der Waals surface area contributed by atoms with Crippen molar-refractivity contribution in [3.05, 3.63) is 134 Å². The van der Waals surface area contributed by atoms with Crippen molar-refractivity contribution in [2.24, 2.45) is 16.2 Å². The summed E-state index contributed by atoms with van der Waals surface area (Å²) in [6.45, 7) is 17.2. The molecule has 3 saturated heterocycles. The molecule has 5 aliphatic heterocycles. The van der Waals surface area contributed by atoms with Crippen LogP contribution < -0.4 is 48.2 Å². The molecule has 0 radical (unpaired) electrons. The first-order valence-electron chi connectivity index (χ1n) is 23.3. The van der Waals surface area contributed by atoms with Crippen molar-refractivity contribution in [2.45, 2.75) is 41.5 Å². The van der Waals surface area contributed by atoms with E-state index in [0.29, 0.717) is 26.4 Å². The lowest BCUT2D eigenvalue weighted by molar-refractivity contribution is 0.0342. The summed E-state index contributed by atoms with van der Waals surface area (Å²) in [6, 6.07) is 42.4. The van der Waals surface area contributed by atoms with Crippen LogP contribution >= 0.6 is 0 Å². The van der Waals surface area contributed by atoms with Crippen molar-refractivity contribution in [2.75, 3.05) is 60.6 Å². The third kappa shape index (κ3) is 10.3. The quantitative estimate of drug-likeness (QED) is 0.133. The molecule has 0 bridgehead atoms. The predicted molar refractivity (Wildman–Crippen MR) is 278 cm³/mol. The fourth-order valence-corrected chi connectivity index (χ4v) is 8.97. The molecule has 0 saturated carbocycles. The number of aromatic amines is 1. The maximum absolute atomic E-state index is 5.96. The van der Waals surface area contributed by atoms with Crippen LogP contribution in [0.2, 0.25) is 0 Å². The standard InChI is InChI=1S/2C21H22B2N2O2.C8H13BN2O2/c1-21(2)13-26-23(27-14-21)17-9-5-8-16(12-17)22-24-18-10-3-6-15-7-4-11-19(25-22)20(15)18;1-21(2)13-26-23(27-14-21)17-11-9-16(10-12-17)22-24-18-7-3-5-15-6-4-8-19(25-22)20(15)18;1-8(2)5-12-9(13-6-8)7-3-10-11-4-7/h2*3-12,24-25H,13-14H2,1-2H3;3-4H,5-6H2,1-2H3,(H,10,11). The van der Waals surface area contributed by atoms with Gasteiger partial charge in [-0.05, 0) is 56.9 Å². The molecule has 7 aromatic rings. The summed E-state index contributed by atoms with van der Waals surface area (Å²) in [5.41, 5.74) is 10.3. The van der Waals surface area contributed by atoms with E-state index in [1.54, 1.807) is 12.4 Å². The van der Waals surface area contributed by atoms with Crippen LogP contribution in [-0.4, -0.2) is 85.2 Å². The Bertz CT molecular complexity index is 2720. The Morgan fingerprint density at radius 1 is 0.403 bits per heavy atom. The van der Waals surface area contributed by atoms with Crippen molar-refractivity contribution >= 4 is 107 Å². The highest BCUT2D eigenvalue weighted by Crippen LogP contribution is 2.35. The lowest BCUT2D eigenvalue weighted by atomic mass is 9.63. The number of hydrogen-bond acceptors (Lipinski definition) is 11. The van der Waals surface area contributed by atoms with Gasteiger partial charge in [0.15, 0.2) is 0 Å². The monoisotopic (exact) mass is 892 g/mol. The van der Waals surface area contributed by atoms with E-state index >= 15 is 0 Å². The van der Waals surface area contributed by atoms with Gasteiger partial charge in [-0.3, -0.25) is 5.10 Å². The molecular weight excluding hydrogens is 835 g/mol. The lowest BCUT2D eigenvalue weighted by Crippen LogP contribution is -2.52. The molecule has 12 nitrogen and oxygen atoms in total. The van der Waals surface area contributed by atoms with E-state index in [1.807, 2.05) is 0 Å². The zero-order valence-corrected chi connectivity index (χ0v) is 39.2. The molecule has 5 N–H and O–H groups in total. The number of benzene rings is 6. The lowest BCUT2D eigenvalue weighted by Gasteiger charge is -2.33. The Balaban J connectivity index is 0.000000125.